The van der Waals surface area contributed by atoms with Crippen molar-refractivity contribution < 1.29 is 29.3 Å². The zero-order valence-corrected chi connectivity index (χ0v) is 27.9. The second-order valence-corrected chi connectivity index (χ2v) is 14.4. The van der Waals surface area contributed by atoms with Crippen LogP contribution in [0, 0.1) is 5.92 Å². The van der Waals surface area contributed by atoms with E-state index in [2.05, 4.69) is 15.6 Å². The molecule has 0 unspecified atom stereocenters. The summed E-state index contributed by atoms with van der Waals surface area (Å²) in [6.07, 6.45) is 4.53. The van der Waals surface area contributed by atoms with Crippen molar-refractivity contribution in [3.8, 4) is 22.3 Å². The first-order valence-corrected chi connectivity index (χ1v) is 16.3. The normalized spacial score (nSPS) is 24.0. The molecule has 0 radical (unpaired) electrons. The number of nitrogens with one attached hydrogen (secondary N) is 2. The molecule has 2 aliphatic rings. The van der Waals surface area contributed by atoms with Gasteiger partial charge in [-0.15, -0.1) is 0 Å². The molecule has 0 saturated heterocycles. The highest BCUT2D eigenvalue weighted by Crippen LogP contribution is 2.49. The van der Waals surface area contributed by atoms with Crippen LogP contribution in [0.1, 0.15) is 78.2 Å². The number of alkyl carbamates (subject to hydrolysis) is 1. The van der Waals surface area contributed by atoms with Crippen molar-refractivity contribution >= 4 is 23.9 Å². The highest BCUT2D eigenvalue weighted by Gasteiger charge is 2.53. The van der Waals surface area contributed by atoms with Crippen LogP contribution in [-0.4, -0.2) is 62.5 Å². The van der Waals surface area contributed by atoms with Gasteiger partial charge in [-0.1, -0.05) is 54.6 Å². The molecule has 250 valence electrons. The van der Waals surface area contributed by atoms with Crippen molar-refractivity contribution in [2.24, 2.45) is 5.92 Å². The van der Waals surface area contributed by atoms with Crippen molar-refractivity contribution in [3.63, 3.8) is 0 Å². The van der Waals surface area contributed by atoms with Gasteiger partial charge in [0.2, 0.25) is 5.91 Å². The van der Waals surface area contributed by atoms with Crippen LogP contribution in [0.25, 0.3) is 22.3 Å². The third-order valence-electron chi connectivity index (χ3n) is 9.25. The molecule has 0 atom stereocenters. The smallest absolute Gasteiger partial charge is 0.408 e. The van der Waals surface area contributed by atoms with Crippen LogP contribution in [0.3, 0.4) is 0 Å². The second kappa shape index (κ2) is 13.4. The maximum atomic E-state index is 13.1. The minimum absolute atomic E-state index is 0.00103. The monoisotopic (exact) mass is 642 g/mol. The van der Waals surface area contributed by atoms with E-state index in [0.717, 1.165) is 53.5 Å². The van der Waals surface area contributed by atoms with Crippen molar-refractivity contribution in [3.05, 3.63) is 72.4 Å². The molecule has 5 rings (SSSR count). The number of aliphatic hydroxyl groups is 1. The molecule has 2 aromatic carbocycles. The highest BCUT2D eigenvalue weighted by atomic mass is 16.6. The number of ether oxygens (including phenoxy) is 1. The van der Waals surface area contributed by atoms with E-state index in [0.29, 0.717) is 25.1 Å². The number of amides is 3. The second-order valence-electron chi connectivity index (χ2n) is 14.4. The van der Waals surface area contributed by atoms with Gasteiger partial charge in [0.25, 0.3) is 0 Å². The summed E-state index contributed by atoms with van der Waals surface area (Å²) in [4.78, 5) is 43.1. The third-order valence-corrected chi connectivity index (χ3v) is 9.25. The topological polar surface area (TPSA) is 141 Å². The van der Waals surface area contributed by atoms with Gasteiger partial charge in [0, 0.05) is 44.1 Å². The average Bonchev–Trinajstić information content (AvgIpc) is 2.99. The molecule has 1 aromatic heterocycles. The summed E-state index contributed by atoms with van der Waals surface area (Å²) in [6, 6.07) is 19.7. The lowest BCUT2D eigenvalue weighted by Gasteiger charge is -2.52. The number of pyridine rings is 1. The summed E-state index contributed by atoms with van der Waals surface area (Å²) in [5.41, 5.74) is 2.28. The molecule has 3 aromatic rings. The molecule has 1 heterocycles. The number of anilines is 1. The Hall–Kier alpha value is -4.44. The Balaban J connectivity index is 1.33. The third kappa shape index (κ3) is 8.29. The first-order chi connectivity index (χ1) is 22.1. The van der Waals surface area contributed by atoms with Gasteiger partial charge in [0.05, 0.1) is 11.1 Å². The van der Waals surface area contributed by atoms with Gasteiger partial charge in [-0.25, -0.2) is 14.6 Å². The molecule has 0 bridgehead atoms. The maximum Gasteiger partial charge on any atom is 0.408 e. The van der Waals surface area contributed by atoms with E-state index in [4.69, 9.17) is 4.74 Å². The molecule has 4 N–H and O–H groups in total. The zero-order chi connectivity index (χ0) is 34.0. The molecular weight excluding hydrogens is 596 g/mol. The van der Waals surface area contributed by atoms with Gasteiger partial charge in [-0.05, 0) is 87.6 Å². The van der Waals surface area contributed by atoms with Crippen LogP contribution >= 0.6 is 0 Å². The predicted octanol–water partition coefficient (Wildman–Crippen LogP) is 7.18. The van der Waals surface area contributed by atoms with Gasteiger partial charge in [0.15, 0.2) is 0 Å². The van der Waals surface area contributed by atoms with E-state index in [1.165, 1.54) is 4.90 Å². The van der Waals surface area contributed by atoms with Crippen molar-refractivity contribution in [1.29, 1.82) is 0 Å². The number of carboxylic acid groups (broad SMARTS) is 1. The Morgan fingerprint density at radius 2 is 1.57 bits per heavy atom. The Labute approximate surface area is 276 Å². The first-order valence-electron chi connectivity index (χ1n) is 16.3. The molecule has 3 amide bonds. The Kier molecular flexibility index (Phi) is 9.63. The number of carbonyl (C=O) groups excluding carboxylic acids is 2. The molecule has 0 aliphatic heterocycles. The lowest BCUT2D eigenvalue weighted by molar-refractivity contribution is -0.117. The molecule has 0 spiro atoms. The van der Waals surface area contributed by atoms with E-state index >= 15 is 0 Å². The molecule has 2 fully saturated rings. The van der Waals surface area contributed by atoms with Crippen LogP contribution in [0.2, 0.25) is 0 Å². The number of rotatable bonds is 8. The fraction of sp³-hybridized carbons (Fsp3) is 0.459. The largest absolute Gasteiger partial charge is 0.465 e. The number of benzene rings is 2. The van der Waals surface area contributed by atoms with Crippen LogP contribution < -0.4 is 10.6 Å². The van der Waals surface area contributed by atoms with Gasteiger partial charge in [-0.3, -0.25) is 4.79 Å². The zero-order valence-electron chi connectivity index (χ0n) is 27.9. The molecule has 47 heavy (non-hydrogen) atoms. The van der Waals surface area contributed by atoms with Gasteiger partial charge in [-0.2, -0.15) is 0 Å². The summed E-state index contributed by atoms with van der Waals surface area (Å²) in [5, 5.41) is 25.9. The fourth-order valence-corrected chi connectivity index (χ4v) is 7.04. The maximum absolute atomic E-state index is 13.1. The lowest BCUT2D eigenvalue weighted by Crippen LogP contribution is -2.62. The van der Waals surface area contributed by atoms with Crippen molar-refractivity contribution in [2.75, 3.05) is 12.4 Å². The van der Waals surface area contributed by atoms with Crippen molar-refractivity contribution in [1.82, 2.24) is 15.2 Å². The summed E-state index contributed by atoms with van der Waals surface area (Å²) < 4.78 is 5.53. The number of hydrogen-bond donors (Lipinski definition) is 4. The summed E-state index contributed by atoms with van der Waals surface area (Å²) in [7, 11) is 1.61. The van der Waals surface area contributed by atoms with Crippen LogP contribution in [-0.2, 0) is 15.1 Å². The molecule has 10 nitrogen and oxygen atoms in total. The SMILES string of the molecule is CN(C(=O)O)[C@H]1CC[C@H](CC(=O)Nc2cc(-c3ccccc3)c(-c3ccc([C@]4(NC(=O)OC(C)(C)C)C[C@](C)(O)C4)cc3)cn2)CC1. The first kappa shape index (κ1) is 33.9. The van der Waals surface area contributed by atoms with Gasteiger partial charge < -0.3 is 30.5 Å². The number of aromatic nitrogens is 1. The summed E-state index contributed by atoms with van der Waals surface area (Å²) in [5.74, 6) is 0.556. The molecule has 10 heteroatoms. The van der Waals surface area contributed by atoms with E-state index in [1.807, 2.05) is 81.4 Å². The average molecular weight is 643 g/mol. The molecule has 2 saturated carbocycles. The molecule has 2 aliphatic carbocycles. The summed E-state index contributed by atoms with van der Waals surface area (Å²) >= 11 is 0. The van der Waals surface area contributed by atoms with E-state index in [9.17, 15) is 24.6 Å². The van der Waals surface area contributed by atoms with Crippen LogP contribution in [0.4, 0.5) is 15.4 Å². The number of hydrogen-bond acceptors (Lipinski definition) is 6. The predicted molar refractivity (Wildman–Crippen MR) is 181 cm³/mol. The van der Waals surface area contributed by atoms with Gasteiger partial charge >= 0.3 is 12.2 Å². The minimum atomic E-state index is -0.919. The lowest BCUT2D eigenvalue weighted by atomic mass is 9.62. The Morgan fingerprint density at radius 3 is 2.15 bits per heavy atom. The van der Waals surface area contributed by atoms with Crippen LogP contribution in [0.15, 0.2) is 66.9 Å². The van der Waals surface area contributed by atoms with E-state index in [-0.39, 0.29) is 17.9 Å². The Bertz CT molecular complexity index is 1580. The van der Waals surface area contributed by atoms with Gasteiger partial charge in [0.1, 0.15) is 11.4 Å². The van der Waals surface area contributed by atoms with E-state index in [1.54, 1.807) is 20.2 Å². The van der Waals surface area contributed by atoms with Crippen LogP contribution in [0.5, 0.6) is 0 Å². The standard InChI is InChI=1S/C37H46N4O6/c1-35(2,3)47-33(43)40-37(22-36(4,46)23-37)27-15-13-26(14-16-27)30-21-38-31(20-29(30)25-9-7-6-8-10-25)39-32(42)19-24-11-17-28(18-12-24)41(5)34(44)45/h6-10,13-16,20-21,24,28,46H,11-12,17-19,22-23H2,1-5H3,(H,40,43)(H,44,45)(H,38,39,42)/t24-,28-,36-,37-. The summed E-state index contributed by atoms with van der Waals surface area (Å²) in [6.45, 7) is 7.21. The minimum Gasteiger partial charge on any atom is -0.465 e. The number of carbonyl (C=O) groups is 3. The molecular formula is C37H46N4O6. The number of nitrogens with zero attached hydrogens (tertiary/aromatic N) is 2. The van der Waals surface area contributed by atoms with Crippen molar-refractivity contribution in [2.45, 2.75) is 95.4 Å². The van der Waals surface area contributed by atoms with E-state index < -0.39 is 28.9 Å². The quantitative estimate of drug-likeness (QED) is 0.204. The highest BCUT2D eigenvalue weighted by molar-refractivity contribution is 5.92. The Morgan fingerprint density at radius 1 is 0.957 bits per heavy atom. The fourth-order valence-electron chi connectivity index (χ4n) is 7.04.